The minimum absolute atomic E-state index is 0.645. The third-order valence-electron chi connectivity index (χ3n) is 4.55. The molecule has 0 radical (unpaired) electrons. The van der Waals surface area contributed by atoms with E-state index in [9.17, 15) is 0 Å². The van der Waals surface area contributed by atoms with E-state index in [1.54, 1.807) is 12.4 Å². The number of aryl methyl sites for hydroxylation is 1. The summed E-state index contributed by atoms with van der Waals surface area (Å²) in [6.07, 6.45) is 7.01. The van der Waals surface area contributed by atoms with Crippen molar-refractivity contribution in [3.05, 3.63) is 42.2 Å². The van der Waals surface area contributed by atoms with Gasteiger partial charge in [0.1, 0.15) is 0 Å². The molecule has 4 heteroatoms. The number of piperidine rings is 1. The molecule has 3 rings (SSSR count). The van der Waals surface area contributed by atoms with Gasteiger partial charge in [0, 0.05) is 5.56 Å². The summed E-state index contributed by atoms with van der Waals surface area (Å²) in [4.78, 5) is 11.3. The van der Waals surface area contributed by atoms with E-state index in [-0.39, 0.29) is 0 Å². The Morgan fingerprint density at radius 3 is 2.61 bits per heavy atom. The van der Waals surface area contributed by atoms with Crippen LogP contribution in [0.5, 0.6) is 5.75 Å². The van der Waals surface area contributed by atoms with Crippen molar-refractivity contribution >= 4 is 0 Å². The molecule has 0 amide bonds. The highest BCUT2D eigenvalue weighted by Gasteiger charge is 2.17. The van der Waals surface area contributed by atoms with Gasteiger partial charge in [0.15, 0.2) is 11.6 Å². The highest BCUT2D eigenvalue weighted by atomic mass is 16.5. The summed E-state index contributed by atoms with van der Waals surface area (Å²) in [6, 6.07) is 8.38. The lowest BCUT2D eigenvalue weighted by atomic mass is 9.98. The van der Waals surface area contributed by atoms with E-state index in [0.29, 0.717) is 5.92 Å². The molecule has 1 fully saturated rings. The minimum Gasteiger partial charge on any atom is -0.490 e. The van der Waals surface area contributed by atoms with Gasteiger partial charge in [-0.3, -0.25) is 0 Å². The van der Waals surface area contributed by atoms with Gasteiger partial charge in [0.2, 0.25) is 0 Å². The number of rotatable bonds is 5. The Morgan fingerprint density at radius 1 is 1.17 bits per heavy atom. The summed E-state index contributed by atoms with van der Waals surface area (Å²) < 4.78 is 5.87. The molecular formula is C19H25N3O. The standard InChI is InChI=1S/C19H25N3O/c1-3-15-5-4-6-17(11-15)19-20-12-18(13-21-19)23-14-16-7-9-22(2)10-8-16/h4-6,11-13,16H,3,7-10,14H2,1-2H3. The molecule has 2 aromatic rings. The second-order valence-electron chi connectivity index (χ2n) is 6.35. The van der Waals surface area contributed by atoms with Crippen LogP contribution in [0.25, 0.3) is 11.4 Å². The smallest absolute Gasteiger partial charge is 0.159 e. The first-order chi connectivity index (χ1) is 11.2. The summed E-state index contributed by atoms with van der Waals surface area (Å²) >= 11 is 0. The van der Waals surface area contributed by atoms with Gasteiger partial charge in [-0.25, -0.2) is 9.97 Å². The maximum Gasteiger partial charge on any atom is 0.159 e. The van der Waals surface area contributed by atoms with E-state index in [1.807, 2.05) is 6.07 Å². The molecule has 23 heavy (non-hydrogen) atoms. The zero-order chi connectivity index (χ0) is 16.1. The Labute approximate surface area is 138 Å². The minimum atomic E-state index is 0.645. The fourth-order valence-corrected chi connectivity index (χ4v) is 2.91. The fourth-order valence-electron chi connectivity index (χ4n) is 2.91. The fraction of sp³-hybridized carbons (Fsp3) is 0.474. The van der Waals surface area contributed by atoms with Crippen molar-refractivity contribution in [2.75, 3.05) is 26.7 Å². The number of benzene rings is 1. The van der Waals surface area contributed by atoms with E-state index in [0.717, 1.165) is 43.3 Å². The highest BCUT2D eigenvalue weighted by Crippen LogP contribution is 2.20. The Hall–Kier alpha value is -1.94. The summed E-state index contributed by atoms with van der Waals surface area (Å²) in [5.74, 6) is 2.17. The molecule has 0 aliphatic carbocycles. The van der Waals surface area contributed by atoms with E-state index in [2.05, 4.69) is 47.0 Å². The molecule has 1 aromatic carbocycles. The number of hydrogen-bond acceptors (Lipinski definition) is 4. The van der Waals surface area contributed by atoms with E-state index in [4.69, 9.17) is 4.74 Å². The van der Waals surface area contributed by atoms with Crippen molar-refractivity contribution in [1.82, 2.24) is 14.9 Å². The van der Waals surface area contributed by atoms with Gasteiger partial charge < -0.3 is 9.64 Å². The van der Waals surface area contributed by atoms with Crippen molar-refractivity contribution in [1.29, 1.82) is 0 Å². The molecule has 1 saturated heterocycles. The van der Waals surface area contributed by atoms with Crippen LogP contribution >= 0.6 is 0 Å². The van der Waals surface area contributed by atoms with Crippen molar-refractivity contribution in [3.8, 4) is 17.1 Å². The maximum absolute atomic E-state index is 5.87. The molecule has 0 bridgehead atoms. The number of nitrogens with zero attached hydrogens (tertiary/aromatic N) is 3. The van der Waals surface area contributed by atoms with Crippen LogP contribution in [-0.4, -0.2) is 41.6 Å². The van der Waals surface area contributed by atoms with Crippen LogP contribution in [0, 0.1) is 5.92 Å². The first-order valence-electron chi connectivity index (χ1n) is 8.47. The zero-order valence-electron chi connectivity index (χ0n) is 14.0. The van der Waals surface area contributed by atoms with Crippen molar-refractivity contribution < 1.29 is 4.74 Å². The third kappa shape index (κ3) is 4.29. The van der Waals surface area contributed by atoms with Crippen molar-refractivity contribution in [2.45, 2.75) is 26.2 Å². The number of likely N-dealkylation sites (tertiary alicyclic amines) is 1. The second-order valence-corrected chi connectivity index (χ2v) is 6.35. The van der Waals surface area contributed by atoms with Crippen LogP contribution in [0.2, 0.25) is 0 Å². The molecule has 0 spiro atoms. The quantitative estimate of drug-likeness (QED) is 0.848. The van der Waals surface area contributed by atoms with Crippen LogP contribution in [0.4, 0.5) is 0 Å². The van der Waals surface area contributed by atoms with Crippen LogP contribution < -0.4 is 4.74 Å². The molecule has 122 valence electrons. The van der Waals surface area contributed by atoms with Crippen LogP contribution in [0.15, 0.2) is 36.7 Å². The van der Waals surface area contributed by atoms with Gasteiger partial charge in [0.05, 0.1) is 19.0 Å². The third-order valence-corrected chi connectivity index (χ3v) is 4.55. The van der Waals surface area contributed by atoms with Gasteiger partial charge in [-0.05, 0) is 56.9 Å². The number of aromatic nitrogens is 2. The van der Waals surface area contributed by atoms with Crippen molar-refractivity contribution in [3.63, 3.8) is 0 Å². The number of ether oxygens (including phenoxy) is 1. The Morgan fingerprint density at radius 2 is 1.91 bits per heavy atom. The highest BCUT2D eigenvalue weighted by molar-refractivity contribution is 5.56. The molecule has 2 heterocycles. The summed E-state index contributed by atoms with van der Waals surface area (Å²) in [6.45, 7) is 5.25. The van der Waals surface area contributed by atoms with Gasteiger partial charge in [-0.1, -0.05) is 25.1 Å². The summed E-state index contributed by atoms with van der Waals surface area (Å²) in [5, 5.41) is 0. The Kier molecular flexibility index (Phi) is 5.23. The average molecular weight is 311 g/mol. The first kappa shape index (κ1) is 15.9. The molecule has 0 N–H and O–H groups in total. The lowest BCUT2D eigenvalue weighted by Crippen LogP contribution is -2.32. The van der Waals surface area contributed by atoms with E-state index >= 15 is 0 Å². The SMILES string of the molecule is CCc1cccc(-c2ncc(OCC3CCN(C)CC3)cn2)c1. The molecule has 1 aliphatic heterocycles. The monoisotopic (exact) mass is 311 g/mol. The number of hydrogen-bond donors (Lipinski definition) is 0. The van der Waals surface area contributed by atoms with Crippen LogP contribution in [-0.2, 0) is 6.42 Å². The normalized spacial score (nSPS) is 16.4. The van der Waals surface area contributed by atoms with Gasteiger partial charge in [-0.15, -0.1) is 0 Å². The van der Waals surface area contributed by atoms with Crippen molar-refractivity contribution in [2.24, 2.45) is 5.92 Å². The Balaban J connectivity index is 1.58. The maximum atomic E-state index is 5.87. The predicted octanol–water partition coefficient (Wildman–Crippen LogP) is 3.43. The van der Waals surface area contributed by atoms with Crippen LogP contribution in [0.3, 0.4) is 0 Å². The Bertz CT molecular complexity index is 619. The molecule has 0 atom stereocenters. The van der Waals surface area contributed by atoms with Gasteiger partial charge in [-0.2, -0.15) is 0 Å². The first-order valence-corrected chi connectivity index (χ1v) is 8.47. The lowest BCUT2D eigenvalue weighted by Gasteiger charge is -2.28. The molecule has 1 aliphatic rings. The zero-order valence-corrected chi connectivity index (χ0v) is 14.0. The molecule has 4 nitrogen and oxygen atoms in total. The second kappa shape index (κ2) is 7.55. The molecular weight excluding hydrogens is 286 g/mol. The molecule has 0 unspecified atom stereocenters. The largest absolute Gasteiger partial charge is 0.490 e. The van der Waals surface area contributed by atoms with Gasteiger partial charge >= 0.3 is 0 Å². The predicted molar refractivity (Wildman–Crippen MR) is 92.6 cm³/mol. The lowest BCUT2D eigenvalue weighted by molar-refractivity contribution is 0.159. The van der Waals surface area contributed by atoms with Crippen LogP contribution in [0.1, 0.15) is 25.3 Å². The summed E-state index contributed by atoms with van der Waals surface area (Å²) in [5.41, 5.74) is 2.36. The van der Waals surface area contributed by atoms with E-state index in [1.165, 1.54) is 18.4 Å². The topological polar surface area (TPSA) is 38.2 Å². The molecule has 1 aromatic heterocycles. The van der Waals surface area contributed by atoms with E-state index < -0.39 is 0 Å². The molecule has 0 saturated carbocycles. The summed E-state index contributed by atoms with van der Waals surface area (Å²) in [7, 11) is 2.18. The van der Waals surface area contributed by atoms with Gasteiger partial charge in [0.25, 0.3) is 0 Å². The average Bonchev–Trinajstić information content (AvgIpc) is 2.62.